The van der Waals surface area contributed by atoms with Crippen molar-refractivity contribution in [3.8, 4) is 0 Å². The third-order valence-corrected chi connectivity index (χ3v) is 7.97. The molecule has 0 N–H and O–H groups in total. The predicted molar refractivity (Wildman–Crippen MR) is 96.5 cm³/mol. The van der Waals surface area contributed by atoms with E-state index in [2.05, 4.69) is 47.8 Å². The molecule has 7 heteroatoms. The van der Waals surface area contributed by atoms with Gasteiger partial charge in [0.25, 0.3) is 0 Å². The van der Waals surface area contributed by atoms with Gasteiger partial charge >= 0.3 is 0 Å². The predicted octanol–water partition coefficient (Wildman–Crippen LogP) is 4.71. The van der Waals surface area contributed by atoms with E-state index in [0.717, 1.165) is 34.6 Å². The molecule has 0 spiro atoms. The minimum Gasteiger partial charge on any atom is -0.207 e. The average molecular weight is 504 g/mol. The highest BCUT2D eigenvalue weighted by Gasteiger charge is 2.31. The monoisotopic (exact) mass is 501 g/mol. The number of sulfonamides is 1. The Kier molecular flexibility index (Phi) is 6.34. The molecule has 1 saturated heterocycles. The van der Waals surface area contributed by atoms with Gasteiger partial charge in [-0.15, -0.1) is 0 Å². The van der Waals surface area contributed by atoms with Crippen molar-refractivity contribution in [2.75, 3.05) is 18.4 Å². The summed E-state index contributed by atoms with van der Waals surface area (Å²) in [6.07, 6.45) is 3.06. The lowest BCUT2D eigenvalue weighted by molar-refractivity contribution is 0.263. The first-order valence-corrected chi connectivity index (χ1v) is 11.0. The van der Waals surface area contributed by atoms with Gasteiger partial charge in [-0.1, -0.05) is 31.9 Å². The number of hydrogen-bond donors (Lipinski definition) is 0. The number of alkyl halides is 1. The van der Waals surface area contributed by atoms with Crippen molar-refractivity contribution in [1.82, 2.24) is 4.31 Å². The molecule has 1 fully saturated rings. The van der Waals surface area contributed by atoms with Gasteiger partial charge in [-0.3, -0.25) is 0 Å². The van der Waals surface area contributed by atoms with Gasteiger partial charge in [0.15, 0.2) is 0 Å². The molecule has 1 aromatic carbocycles. The molecule has 0 radical (unpaired) electrons. The van der Waals surface area contributed by atoms with E-state index < -0.39 is 10.0 Å². The first kappa shape index (κ1) is 17.9. The summed E-state index contributed by atoms with van der Waals surface area (Å²) >= 11 is 10.3. The Morgan fingerprint density at radius 1 is 1.29 bits per heavy atom. The van der Waals surface area contributed by atoms with Gasteiger partial charge in [-0.05, 0) is 65.7 Å². The molecular weight excluding hydrogens is 486 g/mol. The largest absolute Gasteiger partial charge is 0.244 e. The smallest absolute Gasteiger partial charge is 0.207 e. The van der Waals surface area contributed by atoms with Crippen LogP contribution in [0.1, 0.15) is 24.8 Å². The Morgan fingerprint density at radius 2 is 2.00 bits per heavy atom. The molecule has 0 saturated carbocycles. The maximum Gasteiger partial charge on any atom is 0.244 e. The van der Waals surface area contributed by atoms with Gasteiger partial charge in [0.05, 0.1) is 4.90 Å². The average Bonchev–Trinajstić information content (AvgIpc) is 2.43. The van der Waals surface area contributed by atoms with Crippen LogP contribution in [-0.2, 0) is 10.0 Å². The van der Waals surface area contributed by atoms with Gasteiger partial charge < -0.3 is 0 Å². The Balaban J connectivity index is 2.31. The van der Waals surface area contributed by atoms with Crippen LogP contribution in [-0.4, -0.2) is 31.1 Å². The topological polar surface area (TPSA) is 37.4 Å². The quantitative estimate of drug-likeness (QED) is 0.558. The lowest BCUT2D eigenvalue weighted by Crippen LogP contribution is -2.40. The zero-order valence-electron chi connectivity index (χ0n) is 11.8. The SMILES string of the molecule is Cc1cc(Br)c(S(=O)(=O)N2CCCC(CCBr)C2)cc1Br. The normalized spacial score (nSPS) is 20.7. The van der Waals surface area contributed by atoms with Crippen molar-refractivity contribution < 1.29 is 8.42 Å². The number of hydrogen-bond acceptors (Lipinski definition) is 2. The van der Waals surface area contributed by atoms with Crippen LogP contribution in [0.2, 0.25) is 0 Å². The van der Waals surface area contributed by atoms with Crippen LogP contribution in [0.5, 0.6) is 0 Å². The van der Waals surface area contributed by atoms with Crippen LogP contribution in [0.15, 0.2) is 26.0 Å². The summed E-state index contributed by atoms with van der Waals surface area (Å²) in [4.78, 5) is 0.347. The molecule has 3 nitrogen and oxygen atoms in total. The second-order valence-electron chi connectivity index (χ2n) is 5.38. The Hall–Kier alpha value is 0.570. The van der Waals surface area contributed by atoms with E-state index in [0.29, 0.717) is 28.4 Å². The summed E-state index contributed by atoms with van der Waals surface area (Å²) in [6, 6.07) is 3.54. The molecule has 1 aliphatic heterocycles. The van der Waals surface area contributed by atoms with E-state index in [9.17, 15) is 8.42 Å². The number of nitrogens with zero attached hydrogens (tertiary/aromatic N) is 1. The third-order valence-electron chi connectivity index (χ3n) is 3.83. The van der Waals surface area contributed by atoms with E-state index in [1.165, 1.54) is 0 Å². The fraction of sp³-hybridized carbons (Fsp3) is 0.571. The highest BCUT2D eigenvalue weighted by atomic mass is 79.9. The third kappa shape index (κ3) is 4.10. The Bertz CT molecular complexity index is 617. The number of halogens is 3. The fourth-order valence-corrected chi connectivity index (χ4v) is 6.44. The van der Waals surface area contributed by atoms with E-state index in [4.69, 9.17) is 0 Å². The second kappa shape index (κ2) is 7.43. The molecule has 0 aliphatic carbocycles. The summed E-state index contributed by atoms with van der Waals surface area (Å²) in [7, 11) is -3.44. The minimum atomic E-state index is -3.44. The van der Waals surface area contributed by atoms with Crippen LogP contribution in [0.25, 0.3) is 0 Å². The Morgan fingerprint density at radius 3 is 2.67 bits per heavy atom. The lowest BCUT2D eigenvalue weighted by Gasteiger charge is -2.32. The van der Waals surface area contributed by atoms with Gasteiger partial charge in [0.2, 0.25) is 10.0 Å². The van der Waals surface area contributed by atoms with Gasteiger partial charge in [0, 0.05) is 27.4 Å². The summed E-state index contributed by atoms with van der Waals surface area (Å²) in [6.45, 7) is 3.17. The first-order valence-electron chi connectivity index (χ1n) is 6.88. The molecule has 0 aromatic heterocycles. The molecular formula is C14H18Br3NO2S. The molecule has 1 aromatic rings. The number of aryl methyl sites for hydroxylation is 1. The molecule has 118 valence electrons. The number of piperidine rings is 1. The zero-order chi connectivity index (χ0) is 15.6. The standard InChI is InChI=1S/C14H18Br3NO2S/c1-10-7-13(17)14(8-12(10)16)21(19,20)18-6-2-3-11(9-18)4-5-15/h7-8,11H,2-6,9H2,1H3. The molecule has 1 heterocycles. The van der Waals surface area contributed by atoms with Crippen molar-refractivity contribution in [1.29, 1.82) is 0 Å². The van der Waals surface area contributed by atoms with E-state index >= 15 is 0 Å². The fourth-order valence-electron chi connectivity index (χ4n) is 2.60. The summed E-state index contributed by atoms with van der Waals surface area (Å²) in [5.41, 5.74) is 1.01. The van der Waals surface area contributed by atoms with Gasteiger partial charge in [-0.25, -0.2) is 8.42 Å². The van der Waals surface area contributed by atoms with Crippen molar-refractivity contribution in [2.24, 2.45) is 5.92 Å². The summed E-state index contributed by atoms with van der Waals surface area (Å²) in [5.74, 6) is 0.445. The maximum absolute atomic E-state index is 12.9. The summed E-state index contributed by atoms with van der Waals surface area (Å²) < 4.78 is 28.8. The lowest BCUT2D eigenvalue weighted by atomic mass is 9.97. The number of benzene rings is 1. The highest BCUT2D eigenvalue weighted by molar-refractivity contribution is 9.11. The maximum atomic E-state index is 12.9. The molecule has 2 rings (SSSR count). The van der Waals surface area contributed by atoms with Crippen molar-refractivity contribution >= 4 is 57.8 Å². The van der Waals surface area contributed by atoms with Crippen molar-refractivity contribution in [3.05, 3.63) is 26.6 Å². The number of rotatable bonds is 4. The van der Waals surface area contributed by atoms with E-state index in [1.54, 1.807) is 10.4 Å². The van der Waals surface area contributed by atoms with Crippen LogP contribution in [0, 0.1) is 12.8 Å². The highest BCUT2D eigenvalue weighted by Crippen LogP contribution is 2.33. The van der Waals surface area contributed by atoms with E-state index in [-0.39, 0.29) is 0 Å². The first-order chi connectivity index (χ1) is 9.86. The van der Waals surface area contributed by atoms with Crippen LogP contribution in [0.4, 0.5) is 0 Å². The summed E-state index contributed by atoms with van der Waals surface area (Å²) in [5, 5.41) is 0.922. The van der Waals surface area contributed by atoms with Gasteiger partial charge in [0.1, 0.15) is 0 Å². The molecule has 1 aliphatic rings. The van der Waals surface area contributed by atoms with Crippen molar-refractivity contribution in [3.63, 3.8) is 0 Å². The molecule has 0 amide bonds. The molecule has 21 heavy (non-hydrogen) atoms. The Labute approximate surface area is 151 Å². The molecule has 1 unspecified atom stereocenters. The van der Waals surface area contributed by atoms with Crippen LogP contribution < -0.4 is 0 Å². The van der Waals surface area contributed by atoms with Gasteiger partial charge in [-0.2, -0.15) is 4.31 Å². The molecule has 1 atom stereocenters. The molecule has 0 bridgehead atoms. The zero-order valence-corrected chi connectivity index (χ0v) is 17.4. The van der Waals surface area contributed by atoms with Crippen molar-refractivity contribution in [2.45, 2.75) is 31.1 Å². The van der Waals surface area contributed by atoms with Crippen LogP contribution in [0.3, 0.4) is 0 Å². The minimum absolute atomic E-state index is 0.347. The second-order valence-corrected chi connectivity index (χ2v) is 9.79. The van der Waals surface area contributed by atoms with Crippen LogP contribution >= 0.6 is 47.8 Å². The van der Waals surface area contributed by atoms with E-state index in [1.807, 2.05) is 13.0 Å².